The van der Waals surface area contributed by atoms with E-state index >= 15 is 0 Å². The third-order valence-electron chi connectivity index (χ3n) is 4.22. The molecule has 1 heterocycles. The molecular formula is C18H34N2O5. The Kier molecular flexibility index (Phi) is 12.5. The van der Waals surface area contributed by atoms with Gasteiger partial charge in [0.1, 0.15) is 5.78 Å². The fraction of sp³-hybridized carbons (Fsp3) is 0.889. The van der Waals surface area contributed by atoms with E-state index in [-0.39, 0.29) is 17.7 Å². The van der Waals surface area contributed by atoms with Gasteiger partial charge in [-0.1, -0.05) is 6.92 Å². The van der Waals surface area contributed by atoms with Gasteiger partial charge in [-0.15, -0.1) is 0 Å². The van der Waals surface area contributed by atoms with Crippen LogP contribution in [0.15, 0.2) is 0 Å². The van der Waals surface area contributed by atoms with Crippen LogP contribution in [-0.2, 0) is 23.8 Å². The molecule has 1 atom stereocenters. The first kappa shape index (κ1) is 22.0. The van der Waals surface area contributed by atoms with Crippen molar-refractivity contribution in [2.45, 2.75) is 45.1 Å². The number of ether oxygens (including phenoxy) is 3. The number of Topliss-reactive ketones (excluding diaryl/α,β-unsaturated/α-hetero) is 1. The highest BCUT2D eigenvalue weighted by atomic mass is 16.5. The molecule has 25 heavy (non-hydrogen) atoms. The van der Waals surface area contributed by atoms with Crippen molar-refractivity contribution in [3.05, 3.63) is 0 Å². The number of ketones is 1. The minimum absolute atomic E-state index is 0.0425. The third-order valence-corrected chi connectivity index (χ3v) is 4.22. The molecule has 1 amide bonds. The van der Waals surface area contributed by atoms with E-state index in [0.717, 1.165) is 32.4 Å². The monoisotopic (exact) mass is 358 g/mol. The zero-order valence-corrected chi connectivity index (χ0v) is 15.8. The van der Waals surface area contributed by atoms with Gasteiger partial charge >= 0.3 is 0 Å². The van der Waals surface area contributed by atoms with E-state index in [9.17, 15) is 9.59 Å². The van der Waals surface area contributed by atoms with Crippen molar-refractivity contribution in [1.82, 2.24) is 10.2 Å². The molecule has 0 aromatic carbocycles. The van der Waals surface area contributed by atoms with Gasteiger partial charge in [0.05, 0.1) is 39.1 Å². The van der Waals surface area contributed by atoms with E-state index in [0.29, 0.717) is 52.4 Å². The van der Waals surface area contributed by atoms with E-state index in [2.05, 4.69) is 10.2 Å². The molecule has 0 aromatic heterocycles. The van der Waals surface area contributed by atoms with Crippen LogP contribution in [0.2, 0.25) is 0 Å². The Morgan fingerprint density at radius 3 is 2.56 bits per heavy atom. The number of carbonyl (C=O) groups excluding carboxylic acids is 2. The smallest absolute Gasteiger partial charge is 0.237 e. The summed E-state index contributed by atoms with van der Waals surface area (Å²) >= 11 is 0. The minimum atomic E-state index is -0.0425. The lowest BCUT2D eigenvalue weighted by Gasteiger charge is -2.23. The van der Waals surface area contributed by atoms with Gasteiger partial charge in [0.15, 0.2) is 0 Å². The number of hydrogen-bond donors (Lipinski definition) is 1. The van der Waals surface area contributed by atoms with Gasteiger partial charge in [0.2, 0.25) is 5.91 Å². The molecule has 0 bridgehead atoms. The highest BCUT2D eigenvalue weighted by molar-refractivity contribution is 5.82. The van der Waals surface area contributed by atoms with Gasteiger partial charge < -0.3 is 19.5 Å². The van der Waals surface area contributed by atoms with Crippen LogP contribution < -0.4 is 5.32 Å². The Bertz CT molecular complexity index is 378. The summed E-state index contributed by atoms with van der Waals surface area (Å²) in [4.78, 5) is 25.7. The predicted molar refractivity (Wildman–Crippen MR) is 95.7 cm³/mol. The van der Waals surface area contributed by atoms with Crippen LogP contribution in [0.5, 0.6) is 0 Å². The van der Waals surface area contributed by atoms with Crippen molar-refractivity contribution >= 4 is 11.7 Å². The van der Waals surface area contributed by atoms with Crippen molar-refractivity contribution in [2.75, 3.05) is 59.8 Å². The van der Waals surface area contributed by atoms with E-state index in [1.165, 1.54) is 0 Å². The maximum absolute atomic E-state index is 12.2. The first-order valence-electron chi connectivity index (χ1n) is 9.37. The largest absolute Gasteiger partial charge is 0.383 e. The van der Waals surface area contributed by atoms with Gasteiger partial charge in [-0.25, -0.2) is 0 Å². The first-order valence-corrected chi connectivity index (χ1v) is 9.37. The van der Waals surface area contributed by atoms with Crippen molar-refractivity contribution in [3.8, 4) is 0 Å². The second kappa shape index (κ2) is 14.2. The van der Waals surface area contributed by atoms with E-state index in [1.807, 2.05) is 6.92 Å². The highest BCUT2D eigenvalue weighted by Crippen LogP contribution is 2.16. The summed E-state index contributed by atoms with van der Waals surface area (Å²) in [6.07, 6.45) is 3.95. The van der Waals surface area contributed by atoms with E-state index < -0.39 is 0 Å². The van der Waals surface area contributed by atoms with E-state index in [1.54, 1.807) is 7.11 Å². The number of carbonyl (C=O) groups is 2. The lowest BCUT2D eigenvalue weighted by atomic mass is 10.2. The summed E-state index contributed by atoms with van der Waals surface area (Å²) in [6, 6.07) is -0.0425. The molecular weight excluding hydrogens is 324 g/mol. The standard InChI is InChI=1S/C18H34N2O5/c1-3-5-16(21)7-11-24-14-15-25-12-8-19-18(22)17-6-4-9-20(17)10-13-23-2/h17H,3-15H2,1-2H3,(H,19,22)/t17-/m0/s1. The SMILES string of the molecule is CCCC(=O)CCOCCOCCNC(=O)[C@@H]1CCCN1CCOC. The molecule has 7 nitrogen and oxygen atoms in total. The fourth-order valence-corrected chi connectivity index (χ4v) is 2.88. The quantitative estimate of drug-likeness (QED) is 0.440. The number of amides is 1. The summed E-state index contributed by atoms with van der Waals surface area (Å²) in [7, 11) is 1.68. The molecule has 0 spiro atoms. The summed E-state index contributed by atoms with van der Waals surface area (Å²) in [5, 5.41) is 2.93. The Morgan fingerprint density at radius 2 is 1.84 bits per heavy atom. The second-order valence-corrected chi connectivity index (χ2v) is 6.24. The molecule has 0 aliphatic carbocycles. The number of hydrogen-bond acceptors (Lipinski definition) is 6. The van der Waals surface area contributed by atoms with Crippen LogP contribution in [0.4, 0.5) is 0 Å². The number of rotatable bonds is 15. The molecule has 7 heteroatoms. The maximum atomic E-state index is 12.2. The zero-order chi connectivity index (χ0) is 18.3. The second-order valence-electron chi connectivity index (χ2n) is 6.24. The van der Waals surface area contributed by atoms with Crippen molar-refractivity contribution in [1.29, 1.82) is 0 Å². The first-order chi connectivity index (χ1) is 12.2. The zero-order valence-electron chi connectivity index (χ0n) is 15.8. The lowest BCUT2D eigenvalue weighted by Crippen LogP contribution is -2.45. The van der Waals surface area contributed by atoms with Gasteiger partial charge in [0, 0.05) is 33.0 Å². The van der Waals surface area contributed by atoms with Crippen LogP contribution >= 0.6 is 0 Å². The molecule has 1 aliphatic rings. The summed E-state index contributed by atoms with van der Waals surface area (Å²) in [6.45, 7) is 6.77. The summed E-state index contributed by atoms with van der Waals surface area (Å²) in [5.41, 5.74) is 0. The topological polar surface area (TPSA) is 77.1 Å². The van der Waals surface area contributed by atoms with Gasteiger partial charge in [-0.2, -0.15) is 0 Å². The van der Waals surface area contributed by atoms with Crippen molar-refractivity contribution in [2.24, 2.45) is 0 Å². The van der Waals surface area contributed by atoms with Gasteiger partial charge in [0.25, 0.3) is 0 Å². The maximum Gasteiger partial charge on any atom is 0.237 e. The minimum Gasteiger partial charge on any atom is -0.383 e. The molecule has 0 aromatic rings. The normalized spacial score (nSPS) is 17.8. The average Bonchev–Trinajstić information content (AvgIpc) is 3.07. The van der Waals surface area contributed by atoms with Crippen LogP contribution in [0.25, 0.3) is 0 Å². The van der Waals surface area contributed by atoms with Crippen LogP contribution in [-0.4, -0.2) is 82.4 Å². The molecule has 0 radical (unpaired) electrons. The Labute approximate surface area is 151 Å². The summed E-state index contributed by atoms with van der Waals surface area (Å²) in [5.74, 6) is 0.320. The fourth-order valence-electron chi connectivity index (χ4n) is 2.88. The third kappa shape index (κ3) is 9.89. The molecule has 1 N–H and O–H groups in total. The highest BCUT2D eigenvalue weighted by Gasteiger charge is 2.29. The Morgan fingerprint density at radius 1 is 1.08 bits per heavy atom. The van der Waals surface area contributed by atoms with Crippen LogP contribution in [0.1, 0.15) is 39.0 Å². The number of nitrogens with one attached hydrogen (secondary N) is 1. The average molecular weight is 358 g/mol. The lowest BCUT2D eigenvalue weighted by molar-refractivity contribution is -0.125. The molecule has 146 valence electrons. The van der Waals surface area contributed by atoms with Gasteiger partial charge in [-0.05, 0) is 25.8 Å². The number of likely N-dealkylation sites (tertiary alicyclic amines) is 1. The molecule has 1 fully saturated rings. The molecule has 1 rings (SSSR count). The van der Waals surface area contributed by atoms with E-state index in [4.69, 9.17) is 14.2 Å². The Balaban J connectivity index is 1.97. The van der Waals surface area contributed by atoms with Gasteiger partial charge in [-0.3, -0.25) is 14.5 Å². The summed E-state index contributed by atoms with van der Waals surface area (Å²) < 4.78 is 15.9. The number of methoxy groups -OCH3 is 1. The Hall–Kier alpha value is -1.02. The van der Waals surface area contributed by atoms with Crippen LogP contribution in [0, 0.1) is 0 Å². The molecule has 1 saturated heterocycles. The van der Waals surface area contributed by atoms with Crippen molar-refractivity contribution in [3.63, 3.8) is 0 Å². The predicted octanol–water partition coefficient (Wildman–Crippen LogP) is 1.01. The molecule has 1 aliphatic heterocycles. The number of nitrogens with zero attached hydrogens (tertiary/aromatic N) is 1. The molecule has 0 unspecified atom stereocenters. The van der Waals surface area contributed by atoms with Crippen LogP contribution in [0.3, 0.4) is 0 Å². The van der Waals surface area contributed by atoms with Crippen molar-refractivity contribution < 1.29 is 23.8 Å². The molecule has 0 saturated carbocycles.